The summed E-state index contributed by atoms with van der Waals surface area (Å²) in [7, 11) is 0. The van der Waals surface area contributed by atoms with Crippen molar-refractivity contribution in [3.05, 3.63) is 57.8 Å². The van der Waals surface area contributed by atoms with Gasteiger partial charge >= 0.3 is 0 Å². The molecule has 23 heavy (non-hydrogen) atoms. The minimum absolute atomic E-state index is 0.123. The Morgan fingerprint density at radius 3 is 2.87 bits per heavy atom. The molecule has 1 amide bonds. The number of thioether (sulfide) groups is 1. The number of benzene rings is 1. The van der Waals surface area contributed by atoms with E-state index in [-0.39, 0.29) is 5.91 Å². The molecule has 0 bridgehead atoms. The summed E-state index contributed by atoms with van der Waals surface area (Å²) in [4.78, 5) is 17.9. The van der Waals surface area contributed by atoms with E-state index in [4.69, 9.17) is 12.2 Å². The maximum Gasteiger partial charge on any atom is 0.263 e. The van der Waals surface area contributed by atoms with Crippen LogP contribution in [0.1, 0.15) is 4.88 Å². The Hall–Kier alpha value is -2.02. The molecule has 112 valence electrons. The van der Waals surface area contributed by atoms with Gasteiger partial charge in [0, 0.05) is 22.0 Å². The van der Waals surface area contributed by atoms with Crippen LogP contribution < -0.4 is 5.32 Å². The van der Waals surface area contributed by atoms with Crippen molar-refractivity contribution in [1.29, 1.82) is 0 Å². The summed E-state index contributed by atoms with van der Waals surface area (Å²) in [5.74, 6) is -0.123. The number of carbonyl (C=O) groups is 1. The number of hydrogen-bond donors (Lipinski definition) is 1. The van der Waals surface area contributed by atoms with Crippen LogP contribution >= 0.6 is 35.3 Å². The summed E-state index contributed by atoms with van der Waals surface area (Å²) in [5.41, 5.74) is 3.16. The molecule has 3 aromatic rings. The number of aromatic nitrogens is 1. The minimum atomic E-state index is -0.123. The van der Waals surface area contributed by atoms with Gasteiger partial charge in [-0.1, -0.05) is 42.2 Å². The topological polar surface area (TPSA) is 42.0 Å². The van der Waals surface area contributed by atoms with Gasteiger partial charge in [-0.15, -0.1) is 11.3 Å². The maximum absolute atomic E-state index is 11.7. The Morgan fingerprint density at radius 2 is 2.04 bits per heavy atom. The van der Waals surface area contributed by atoms with Gasteiger partial charge < -0.3 is 5.32 Å². The molecule has 0 spiro atoms. The Kier molecular flexibility index (Phi) is 3.72. The second kappa shape index (κ2) is 5.88. The zero-order valence-corrected chi connectivity index (χ0v) is 14.2. The first-order valence-corrected chi connectivity index (χ1v) is 8.98. The van der Waals surface area contributed by atoms with Gasteiger partial charge in [0.15, 0.2) is 0 Å². The van der Waals surface area contributed by atoms with Crippen molar-refractivity contribution < 1.29 is 4.79 Å². The van der Waals surface area contributed by atoms with Crippen LogP contribution in [0.25, 0.3) is 28.1 Å². The van der Waals surface area contributed by atoms with E-state index >= 15 is 0 Å². The van der Waals surface area contributed by atoms with Gasteiger partial charge in [0.2, 0.25) is 0 Å². The van der Waals surface area contributed by atoms with Gasteiger partial charge in [0.25, 0.3) is 5.91 Å². The summed E-state index contributed by atoms with van der Waals surface area (Å²) < 4.78 is 0.511. The lowest BCUT2D eigenvalue weighted by molar-refractivity contribution is -0.115. The van der Waals surface area contributed by atoms with E-state index in [1.165, 1.54) is 11.8 Å². The van der Waals surface area contributed by atoms with Crippen molar-refractivity contribution >= 4 is 62.5 Å². The van der Waals surface area contributed by atoms with Crippen LogP contribution in [0.5, 0.6) is 0 Å². The first-order valence-electron chi connectivity index (χ1n) is 6.87. The molecule has 0 aliphatic carbocycles. The van der Waals surface area contributed by atoms with E-state index in [0.717, 1.165) is 26.9 Å². The van der Waals surface area contributed by atoms with Gasteiger partial charge in [-0.25, -0.2) is 0 Å². The summed E-state index contributed by atoms with van der Waals surface area (Å²) >= 11 is 7.90. The van der Waals surface area contributed by atoms with Crippen molar-refractivity contribution in [2.75, 3.05) is 0 Å². The molecule has 1 aromatic carbocycles. The van der Waals surface area contributed by atoms with Gasteiger partial charge in [0.05, 0.1) is 10.4 Å². The monoisotopic (exact) mass is 354 g/mol. The third kappa shape index (κ3) is 2.93. The molecule has 4 rings (SSSR count). The fraction of sp³-hybridized carbons (Fsp3) is 0. The zero-order valence-electron chi connectivity index (χ0n) is 11.8. The molecule has 2 aromatic heterocycles. The zero-order chi connectivity index (χ0) is 15.8. The molecule has 0 saturated carbocycles. The SMILES string of the molecule is O=C1NC(=S)SC1=Cc1cc(-c2cnc3ccccc3c2)cs1. The fourth-order valence-corrected chi connectivity index (χ4v) is 4.32. The lowest BCUT2D eigenvalue weighted by Gasteiger charge is -2.00. The molecule has 1 aliphatic rings. The molecular formula is C17H10N2OS3. The van der Waals surface area contributed by atoms with Crippen LogP contribution in [0.4, 0.5) is 0 Å². The van der Waals surface area contributed by atoms with Crippen LogP contribution in [0.2, 0.25) is 0 Å². The van der Waals surface area contributed by atoms with Crippen LogP contribution in [-0.4, -0.2) is 15.2 Å². The van der Waals surface area contributed by atoms with Gasteiger partial charge in [-0.3, -0.25) is 9.78 Å². The largest absolute Gasteiger partial charge is 0.307 e. The van der Waals surface area contributed by atoms with Crippen molar-refractivity contribution in [2.45, 2.75) is 0 Å². The van der Waals surface area contributed by atoms with Crippen LogP contribution in [-0.2, 0) is 4.79 Å². The predicted octanol–water partition coefficient (Wildman–Crippen LogP) is 4.45. The average molecular weight is 354 g/mol. The fourth-order valence-electron chi connectivity index (χ4n) is 2.36. The first-order chi connectivity index (χ1) is 11.2. The number of thiophene rings is 1. The number of fused-ring (bicyclic) bond motifs is 1. The molecule has 0 unspecified atom stereocenters. The van der Waals surface area contributed by atoms with Crippen LogP contribution in [0, 0.1) is 0 Å². The lowest BCUT2D eigenvalue weighted by atomic mass is 10.1. The number of rotatable bonds is 2. The van der Waals surface area contributed by atoms with E-state index < -0.39 is 0 Å². The Bertz CT molecular complexity index is 975. The Labute approximate surface area is 146 Å². The molecular weight excluding hydrogens is 344 g/mol. The van der Waals surface area contributed by atoms with Crippen molar-refractivity contribution in [3.63, 3.8) is 0 Å². The summed E-state index contributed by atoms with van der Waals surface area (Å²) in [6, 6.07) is 12.3. The maximum atomic E-state index is 11.7. The summed E-state index contributed by atoms with van der Waals surface area (Å²) in [6.07, 6.45) is 3.76. The summed E-state index contributed by atoms with van der Waals surface area (Å²) in [5, 5.41) is 5.82. The second-order valence-electron chi connectivity index (χ2n) is 5.01. The Morgan fingerprint density at radius 1 is 1.17 bits per heavy atom. The van der Waals surface area contributed by atoms with E-state index in [0.29, 0.717) is 9.23 Å². The second-order valence-corrected chi connectivity index (χ2v) is 7.67. The molecule has 0 atom stereocenters. The first kappa shape index (κ1) is 14.6. The van der Waals surface area contributed by atoms with E-state index in [1.807, 2.05) is 30.5 Å². The lowest BCUT2D eigenvalue weighted by Crippen LogP contribution is -2.17. The highest BCUT2D eigenvalue weighted by atomic mass is 32.2. The third-order valence-electron chi connectivity index (χ3n) is 3.46. The number of pyridine rings is 1. The molecule has 1 fully saturated rings. The normalized spacial score (nSPS) is 16.3. The molecule has 6 heteroatoms. The van der Waals surface area contributed by atoms with Crippen LogP contribution in [0.3, 0.4) is 0 Å². The highest BCUT2D eigenvalue weighted by molar-refractivity contribution is 8.26. The number of nitrogens with zero attached hydrogens (tertiary/aromatic N) is 1. The molecule has 3 heterocycles. The highest BCUT2D eigenvalue weighted by Gasteiger charge is 2.22. The number of amides is 1. The van der Waals surface area contributed by atoms with Gasteiger partial charge in [-0.2, -0.15) is 0 Å². The number of carbonyl (C=O) groups excluding carboxylic acids is 1. The molecule has 0 radical (unpaired) electrons. The quantitative estimate of drug-likeness (QED) is 0.545. The average Bonchev–Trinajstić information content (AvgIpc) is 3.14. The number of thiocarbonyl (C=S) groups is 1. The number of nitrogens with one attached hydrogen (secondary N) is 1. The number of para-hydroxylation sites is 1. The van der Waals surface area contributed by atoms with Crippen LogP contribution in [0.15, 0.2) is 52.9 Å². The van der Waals surface area contributed by atoms with Crippen molar-refractivity contribution in [3.8, 4) is 11.1 Å². The molecule has 1 aliphatic heterocycles. The molecule has 3 nitrogen and oxygen atoms in total. The van der Waals surface area contributed by atoms with Crippen molar-refractivity contribution in [2.24, 2.45) is 0 Å². The van der Waals surface area contributed by atoms with Gasteiger partial charge in [-0.05, 0) is 35.2 Å². The third-order valence-corrected chi connectivity index (χ3v) is 5.50. The standard InChI is InChI=1S/C17H10N2OS3/c20-16-15(23-17(21)19-16)7-13-6-12(9-22-13)11-5-10-3-1-2-4-14(10)18-8-11/h1-9H,(H,19,20,21). The predicted molar refractivity (Wildman–Crippen MR) is 101 cm³/mol. The number of hydrogen-bond acceptors (Lipinski definition) is 5. The molecule has 1 N–H and O–H groups in total. The smallest absolute Gasteiger partial charge is 0.263 e. The van der Waals surface area contributed by atoms with Gasteiger partial charge in [0.1, 0.15) is 4.32 Å². The van der Waals surface area contributed by atoms with Crippen molar-refractivity contribution in [1.82, 2.24) is 10.3 Å². The highest BCUT2D eigenvalue weighted by Crippen LogP contribution is 2.31. The van der Waals surface area contributed by atoms with E-state index in [9.17, 15) is 4.79 Å². The summed E-state index contributed by atoms with van der Waals surface area (Å²) in [6.45, 7) is 0. The molecule has 1 saturated heterocycles. The van der Waals surface area contributed by atoms with E-state index in [2.05, 4.69) is 33.9 Å². The Balaban J connectivity index is 1.68. The minimum Gasteiger partial charge on any atom is -0.307 e. The van der Waals surface area contributed by atoms with E-state index in [1.54, 1.807) is 11.3 Å².